The van der Waals surface area contributed by atoms with Gasteiger partial charge in [-0.25, -0.2) is 9.78 Å². The van der Waals surface area contributed by atoms with E-state index in [1.165, 1.54) is 11.6 Å². The lowest BCUT2D eigenvalue weighted by molar-refractivity contribution is 0.0691. The van der Waals surface area contributed by atoms with E-state index in [-0.39, 0.29) is 16.8 Å². The monoisotopic (exact) mass is 290 g/mol. The Balaban J connectivity index is 2.06. The van der Waals surface area contributed by atoms with Gasteiger partial charge in [0.15, 0.2) is 5.69 Å². The summed E-state index contributed by atoms with van der Waals surface area (Å²) < 4.78 is 0. The number of aromatic carboxylic acids is 1. The van der Waals surface area contributed by atoms with Crippen LogP contribution in [0.3, 0.4) is 0 Å². The smallest absolute Gasteiger partial charge is 0.356 e. The lowest BCUT2D eigenvalue weighted by Gasteiger charge is -2.15. The maximum atomic E-state index is 11.0. The highest BCUT2D eigenvalue weighted by Crippen LogP contribution is 2.17. The van der Waals surface area contributed by atoms with E-state index in [0.29, 0.717) is 5.82 Å². The van der Waals surface area contributed by atoms with Gasteiger partial charge in [0.1, 0.15) is 5.82 Å². The van der Waals surface area contributed by atoms with Crippen molar-refractivity contribution in [2.45, 2.75) is 19.4 Å². The lowest BCUT2D eigenvalue weighted by atomic mass is 10.1. The zero-order valence-electron chi connectivity index (χ0n) is 11.0. The third-order valence-corrected chi connectivity index (χ3v) is 3.13. The molecule has 104 valence electrons. The Morgan fingerprint density at radius 3 is 2.65 bits per heavy atom. The molecule has 0 aliphatic heterocycles. The summed E-state index contributed by atoms with van der Waals surface area (Å²) >= 11 is 5.79. The van der Waals surface area contributed by atoms with Gasteiger partial charge in [-0.1, -0.05) is 41.9 Å². The molecule has 0 saturated heterocycles. The number of halogens is 1. The van der Waals surface area contributed by atoms with Gasteiger partial charge in [-0.05, 0) is 31.0 Å². The summed E-state index contributed by atoms with van der Waals surface area (Å²) in [5.41, 5.74) is 1.07. The normalized spacial score (nSPS) is 11.9. The van der Waals surface area contributed by atoms with Crippen LogP contribution in [0, 0.1) is 0 Å². The Morgan fingerprint density at radius 1 is 1.30 bits per heavy atom. The molecule has 5 heteroatoms. The molecule has 0 radical (unpaired) electrons. The fourth-order valence-corrected chi connectivity index (χ4v) is 2.13. The summed E-state index contributed by atoms with van der Waals surface area (Å²) in [6, 6.07) is 13.4. The summed E-state index contributed by atoms with van der Waals surface area (Å²) in [4.78, 5) is 15.0. The van der Waals surface area contributed by atoms with E-state index in [0.717, 1.165) is 6.42 Å². The molecule has 0 aliphatic carbocycles. The number of carboxylic acids is 1. The van der Waals surface area contributed by atoms with Gasteiger partial charge < -0.3 is 10.4 Å². The van der Waals surface area contributed by atoms with Crippen molar-refractivity contribution in [1.29, 1.82) is 0 Å². The lowest BCUT2D eigenvalue weighted by Crippen LogP contribution is -2.19. The first-order valence-corrected chi connectivity index (χ1v) is 6.64. The zero-order chi connectivity index (χ0) is 14.5. The van der Waals surface area contributed by atoms with Crippen molar-refractivity contribution in [3.63, 3.8) is 0 Å². The number of rotatable bonds is 5. The molecule has 2 N–H and O–H groups in total. The second kappa shape index (κ2) is 6.39. The zero-order valence-corrected chi connectivity index (χ0v) is 11.8. The number of carbonyl (C=O) groups is 1. The van der Waals surface area contributed by atoms with Crippen molar-refractivity contribution in [1.82, 2.24) is 4.98 Å². The largest absolute Gasteiger partial charge is 0.476 e. The fourth-order valence-electron chi connectivity index (χ4n) is 1.94. The highest BCUT2D eigenvalue weighted by Gasteiger charge is 2.12. The minimum absolute atomic E-state index is 0.132. The van der Waals surface area contributed by atoms with Crippen LogP contribution < -0.4 is 5.32 Å². The van der Waals surface area contributed by atoms with Gasteiger partial charge in [-0.3, -0.25) is 0 Å². The molecule has 0 fully saturated rings. The topological polar surface area (TPSA) is 62.2 Å². The van der Waals surface area contributed by atoms with Crippen molar-refractivity contribution >= 4 is 23.4 Å². The molecular formula is C15H15ClN2O2. The first kappa shape index (κ1) is 14.3. The number of hydrogen-bond donors (Lipinski definition) is 2. The van der Waals surface area contributed by atoms with Crippen molar-refractivity contribution in [3.05, 3.63) is 58.7 Å². The second-order valence-corrected chi connectivity index (χ2v) is 4.97. The molecule has 0 bridgehead atoms. The number of hydrogen-bond acceptors (Lipinski definition) is 3. The quantitative estimate of drug-likeness (QED) is 0.885. The van der Waals surface area contributed by atoms with Crippen LogP contribution in [0.25, 0.3) is 0 Å². The standard InChI is InChI=1S/C15H15ClN2O2/c1-10(9-11-5-3-2-4-6-11)17-13-8-7-12(16)14(18-13)15(19)20/h2-8,10H,9H2,1H3,(H,17,18)(H,19,20). The van der Waals surface area contributed by atoms with Gasteiger partial charge in [0.25, 0.3) is 0 Å². The molecule has 1 unspecified atom stereocenters. The Kier molecular flexibility index (Phi) is 4.58. The van der Waals surface area contributed by atoms with E-state index in [4.69, 9.17) is 16.7 Å². The van der Waals surface area contributed by atoms with Crippen molar-refractivity contribution in [3.8, 4) is 0 Å². The summed E-state index contributed by atoms with van der Waals surface area (Å²) in [6.45, 7) is 2.02. The molecule has 1 atom stereocenters. The van der Waals surface area contributed by atoms with Gasteiger partial charge in [0.2, 0.25) is 0 Å². The molecule has 1 aromatic heterocycles. The summed E-state index contributed by atoms with van der Waals surface area (Å²) in [7, 11) is 0. The van der Waals surface area contributed by atoms with Gasteiger partial charge >= 0.3 is 5.97 Å². The number of carboxylic acid groups (broad SMARTS) is 1. The summed E-state index contributed by atoms with van der Waals surface area (Å²) in [5.74, 6) is -0.621. The van der Waals surface area contributed by atoms with E-state index in [9.17, 15) is 4.79 Å². The number of anilines is 1. The van der Waals surface area contributed by atoms with Gasteiger partial charge in [0.05, 0.1) is 5.02 Å². The minimum Gasteiger partial charge on any atom is -0.476 e. The molecule has 2 rings (SSSR count). The molecule has 2 aromatic rings. The number of aromatic nitrogens is 1. The molecule has 0 saturated carbocycles. The summed E-state index contributed by atoms with van der Waals surface area (Å²) in [6.07, 6.45) is 0.827. The molecule has 0 aliphatic rings. The molecule has 20 heavy (non-hydrogen) atoms. The minimum atomic E-state index is -1.13. The van der Waals surface area contributed by atoms with Crippen molar-refractivity contribution in [2.75, 3.05) is 5.32 Å². The number of pyridine rings is 1. The number of nitrogens with zero attached hydrogens (tertiary/aromatic N) is 1. The number of nitrogens with one attached hydrogen (secondary N) is 1. The van der Waals surface area contributed by atoms with E-state index < -0.39 is 5.97 Å². The third-order valence-electron chi connectivity index (χ3n) is 2.83. The van der Waals surface area contributed by atoms with Crippen molar-refractivity contribution in [2.24, 2.45) is 0 Å². The maximum absolute atomic E-state index is 11.0. The first-order chi connectivity index (χ1) is 9.56. The molecule has 0 spiro atoms. The van der Waals surface area contributed by atoms with Crippen LogP contribution in [-0.2, 0) is 6.42 Å². The van der Waals surface area contributed by atoms with Gasteiger partial charge in [0, 0.05) is 6.04 Å². The van der Waals surface area contributed by atoms with Gasteiger partial charge in [-0.15, -0.1) is 0 Å². The SMILES string of the molecule is CC(Cc1ccccc1)Nc1ccc(Cl)c(C(=O)O)n1. The highest BCUT2D eigenvalue weighted by molar-refractivity contribution is 6.33. The van der Waals surface area contributed by atoms with Crippen LogP contribution in [0.5, 0.6) is 0 Å². The highest BCUT2D eigenvalue weighted by atomic mass is 35.5. The van der Waals surface area contributed by atoms with Crippen LogP contribution in [0.4, 0.5) is 5.82 Å². The molecule has 0 amide bonds. The third kappa shape index (κ3) is 3.71. The maximum Gasteiger partial charge on any atom is 0.356 e. The molecule has 1 aromatic carbocycles. The van der Waals surface area contributed by atoms with E-state index in [2.05, 4.69) is 22.4 Å². The van der Waals surface area contributed by atoms with Crippen LogP contribution in [0.2, 0.25) is 5.02 Å². The van der Waals surface area contributed by atoms with Crippen molar-refractivity contribution < 1.29 is 9.90 Å². The summed E-state index contributed by atoms with van der Waals surface area (Å²) in [5, 5.41) is 12.3. The Morgan fingerprint density at radius 2 is 2.00 bits per heavy atom. The Labute approximate surface area is 122 Å². The van der Waals surface area contributed by atoms with Gasteiger partial charge in [-0.2, -0.15) is 0 Å². The molecular weight excluding hydrogens is 276 g/mol. The van der Waals surface area contributed by atoms with Crippen LogP contribution >= 0.6 is 11.6 Å². The van der Waals surface area contributed by atoms with Crippen LogP contribution in [-0.4, -0.2) is 22.1 Å². The van der Waals surface area contributed by atoms with E-state index in [1.807, 2.05) is 25.1 Å². The van der Waals surface area contributed by atoms with E-state index in [1.54, 1.807) is 6.07 Å². The first-order valence-electron chi connectivity index (χ1n) is 6.26. The van der Waals surface area contributed by atoms with Crippen LogP contribution in [0.1, 0.15) is 23.0 Å². The predicted octanol–water partition coefficient (Wildman–Crippen LogP) is 3.48. The van der Waals surface area contributed by atoms with E-state index >= 15 is 0 Å². The second-order valence-electron chi connectivity index (χ2n) is 4.57. The predicted molar refractivity (Wildman–Crippen MR) is 79.4 cm³/mol. The Hall–Kier alpha value is -2.07. The molecule has 1 heterocycles. The Bertz CT molecular complexity index is 602. The average molecular weight is 291 g/mol. The molecule has 4 nitrogen and oxygen atoms in total. The average Bonchev–Trinajstić information content (AvgIpc) is 2.41. The fraction of sp³-hybridized carbons (Fsp3) is 0.200. The number of benzene rings is 1. The van der Waals surface area contributed by atoms with Crippen LogP contribution in [0.15, 0.2) is 42.5 Å².